The third-order valence-electron chi connectivity index (χ3n) is 2.58. The first-order chi connectivity index (χ1) is 11.3. The maximum Gasteiger partial charge on any atom is 4.00 e. The van der Waals surface area contributed by atoms with Crippen LogP contribution < -0.4 is 5.19 Å². The Labute approximate surface area is 172 Å². The molecule has 146 valence electrons. The van der Waals surface area contributed by atoms with Crippen molar-refractivity contribution < 1.29 is 38.5 Å². The summed E-state index contributed by atoms with van der Waals surface area (Å²) >= 11 is 0. The molecule has 0 amide bonds. The van der Waals surface area contributed by atoms with Crippen LogP contribution in [0.25, 0.3) is 17.2 Å². The molecule has 1 aromatic carbocycles. The van der Waals surface area contributed by atoms with Gasteiger partial charge < -0.3 is 17.2 Å². The van der Waals surface area contributed by atoms with E-state index in [4.69, 9.17) is 17.2 Å². The Morgan fingerprint density at radius 1 is 0.720 bits per heavy atom. The first-order valence-electron chi connectivity index (χ1n) is 8.58. The minimum absolute atomic E-state index is 0. The second-order valence-electron chi connectivity index (χ2n) is 4.98. The van der Waals surface area contributed by atoms with E-state index >= 15 is 0 Å². The first-order valence-corrected chi connectivity index (χ1v) is 10.2. The molecule has 0 radical (unpaired) electrons. The summed E-state index contributed by atoms with van der Waals surface area (Å²) in [5.74, 6) is 0. The summed E-state index contributed by atoms with van der Waals surface area (Å²) in [5.41, 5.74) is 19.8. The largest absolute Gasteiger partial charge is 4.00 e. The van der Waals surface area contributed by atoms with Crippen LogP contribution in [-0.2, 0) is 26.2 Å². The molecule has 0 aliphatic carbocycles. The van der Waals surface area contributed by atoms with Crippen molar-refractivity contribution in [3.63, 3.8) is 0 Å². The fourth-order valence-electron chi connectivity index (χ4n) is 1.09. The Morgan fingerprint density at radius 3 is 1.08 bits per heavy atom. The third-order valence-corrected chi connectivity index (χ3v) is 3.57. The van der Waals surface area contributed by atoms with E-state index in [1.807, 2.05) is 0 Å². The van der Waals surface area contributed by atoms with E-state index < -0.39 is 14.3 Å². The number of nitrogens with one attached hydrogen (secondary N) is 3. The fourth-order valence-corrected chi connectivity index (χ4v) is 1.66. The molecule has 0 saturated carbocycles. The third kappa shape index (κ3) is 32.3. The van der Waals surface area contributed by atoms with Crippen LogP contribution in [0.2, 0.25) is 0 Å². The van der Waals surface area contributed by atoms with Gasteiger partial charge in [-0.05, 0) is 0 Å². The second kappa shape index (κ2) is 26.4. The Kier molecular flexibility index (Phi) is 34.5. The van der Waals surface area contributed by atoms with Gasteiger partial charge in [-0.2, -0.15) is 31.8 Å². The molecule has 0 aliphatic heterocycles. The molecule has 0 saturated heterocycles. The number of rotatable bonds is 7. The van der Waals surface area contributed by atoms with Crippen LogP contribution in [0.3, 0.4) is 0 Å². The van der Waals surface area contributed by atoms with Crippen molar-refractivity contribution in [3.05, 3.63) is 41.5 Å². The van der Waals surface area contributed by atoms with E-state index in [1.165, 1.54) is 12.1 Å². The van der Waals surface area contributed by atoms with Gasteiger partial charge in [0, 0.05) is 0 Å². The molecule has 25 heavy (non-hydrogen) atoms. The summed E-state index contributed by atoms with van der Waals surface area (Å²) in [6, 6.07) is 5.00. The SMILES string of the molecule is CCCC[NH-].CCCC[NH-].CCCC[NH-].F[Si](F)(F)[c-]1cccc1.[Zr+4]. The van der Waals surface area contributed by atoms with Crippen LogP contribution in [-0.4, -0.2) is 28.7 Å². The van der Waals surface area contributed by atoms with Gasteiger partial charge in [0.1, 0.15) is 0 Å². The molecule has 0 unspecified atom stereocenters. The molecule has 0 fully saturated rings. The van der Waals surface area contributed by atoms with Gasteiger partial charge in [0.15, 0.2) is 0 Å². The topological polar surface area (TPSA) is 71.4 Å². The molecular formula is C17H34F3N3SiZr. The van der Waals surface area contributed by atoms with E-state index in [0.717, 1.165) is 50.7 Å². The number of halogens is 3. The van der Waals surface area contributed by atoms with E-state index in [1.54, 1.807) is 0 Å². The maximum absolute atomic E-state index is 11.8. The zero-order chi connectivity index (χ0) is 19.3. The van der Waals surface area contributed by atoms with E-state index in [2.05, 4.69) is 20.8 Å². The standard InChI is InChI=1S/C5H4F3Si.3C4H10N.Zr/c6-9(7,8)5-3-1-2-4-5;3*1-2-3-4-5;/h1-4H;3*5H,2-4H2,1H3;/q4*-1;+4. The Morgan fingerprint density at radius 2 is 1.00 bits per heavy atom. The van der Waals surface area contributed by atoms with Crippen LogP contribution in [0.1, 0.15) is 59.3 Å². The Balaban J connectivity index is -0.000000122. The maximum atomic E-state index is 11.8. The van der Waals surface area contributed by atoms with Crippen molar-refractivity contribution >= 4 is 14.3 Å². The molecule has 0 spiro atoms. The van der Waals surface area contributed by atoms with E-state index in [9.17, 15) is 12.3 Å². The molecule has 0 bridgehead atoms. The molecule has 3 nitrogen and oxygen atoms in total. The molecule has 0 atom stereocenters. The number of hydrogen-bond donors (Lipinski definition) is 0. The van der Waals surface area contributed by atoms with Gasteiger partial charge in [0.25, 0.3) is 0 Å². The van der Waals surface area contributed by atoms with Gasteiger partial charge in [-0.15, -0.1) is 0 Å². The summed E-state index contributed by atoms with van der Waals surface area (Å²) in [4.78, 5) is 0. The number of unbranched alkanes of at least 4 members (excludes halogenated alkanes) is 3. The summed E-state index contributed by atoms with van der Waals surface area (Å²) in [6.07, 6.45) is 6.64. The van der Waals surface area contributed by atoms with E-state index in [-0.39, 0.29) is 26.2 Å². The normalized spacial score (nSPS) is 9.32. The minimum atomic E-state index is -5.48. The van der Waals surface area contributed by atoms with Crippen molar-refractivity contribution in [1.82, 2.24) is 0 Å². The average Bonchev–Trinajstić information content (AvgIpc) is 3.06. The molecule has 1 aromatic rings. The van der Waals surface area contributed by atoms with Crippen LogP contribution >= 0.6 is 0 Å². The summed E-state index contributed by atoms with van der Waals surface area (Å²) < 4.78 is 35.3. The molecule has 3 N–H and O–H groups in total. The van der Waals surface area contributed by atoms with Gasteiger partial charge in [-0.25, -0.2) is 24.5 Å². The second-order valence-corrected chi connectivity index (χ2v) is 6.55. The van der Waals surface area contributed by atoms with Crippen LogP contribution in [0.4, 0.5) is 12.3 Å². The van der Waals surface area contributed by atoms with Crippen molar-refractivity contribution in [2.45, 2.75) is 59.3 Å². The van der Waals surface area contributed by atoms with Crippen LogP contribution in [0, 0.1) is 0 Å². The summed E-state index contributed by atoms with van der Waals surface area (Å²) in [5, 5.41) is -0.442. The molecule has 8 heteroatoms. The van der Waals surface area contributed by atoms with Crippen molar-refractivity contribution in [2.24, 2.45) is 0 Å². The van der Waals surface area contributed by atoms with Crippen molar-refractivity contribution in [3.8, 4) is 0 Å². The smallest absolute Gasteiger partial charge is 0.677 e. The molecule has 1 rings (SSSR count). The zero-order valence-electron chi connectivity index (χ0n) is 15.8. The molecule has 0 heterocycles. The number of hydrogen-bond acceptors (Lipinski definition) is 0. The molecule has 0 aliphatic rings. The zero-order valence-corrected chi connectivity index (χ0v) is 19.3. The van der Waals surface area contributed by atoms with Gasteiger partial charge in [0.05, 0.1) is 0 Å². The van der Waals surface area contributed by atoms with Gasteiger partial charge in [-0.1, -0.05) is 64.5 Å². The van der Waals surface area contributed by atoms with Crippen molar-refractivity contribution in [2.75, 3.05) is 19.6 Å². The van der Waals surface area contributed by atoms with E-state index in [0.29, 0.717) is 19.6 Å². The molecule has 0 aromatic heterocycles. The van der Waals surface area contributed by atoms with Gasteiger partial charge in [-0.3, -0.25) is 0 Å². The Hall–Kier alpha value is 0.120. The Bertz CT molecular complexity index is 290. The van der Waals surface area contributed by atoms with Crippen LogP contribution in [0.15, 0.2) is 24.3 Å². The van der Waals surface area contributed by atoms with Crippen LogP contribution in [0.5, 0.6) is 0 Å². The van der Waals surface area contributed by atoms with Gasteiger partial charge in [0.2, 0.25) is 0 Å². The summed E-state index contributed by atoms with van der Waals surface area (Å²) in [6.45, 7) is 8.06. The quantitative estimate of drug-likeness (QED) is 0.241. The minimum Gasteiger partial charge on any atom is -0.677 e. The van der Waals surface area contributed by atoms with Gasteiger partial charge >= 0.3 is 35.3 Å². The first kappa shape index (κ1) is 32.8. The fraction of sp³-hybridized carbons (Fsp3) is 0.706. The van der Waals surface area contributed by atoms with Crippen molar-refractivity contribution in [1.29, 1.82) is 0 Å². The predicted octanol–water partition coefficient (Wildman–Crippen LogP) is 6.97. The monoisotopic (exact) mass is 455 g/mol. The predicted molar refractivity (Wildman–Crippen MR) is 103 cm³/mol. The summed E-state index contributed by atoms with van der Waals surface area (Å²) in [7, 11) is -5.48. The molecular weight excluding hydrogens is 423 g/mol. The average molecular weight is 457 g/mol.